The van der Waals surface area contributed by atoms with Crippen molar-refractivity contribution in [1.29, 1.82) is 0 Å². The fraction of sp³-hybridized carbons (Fsp3) is 0.400. The van der Waals surface area contributed by atoms with Gasteiger partial charge in [-0.05, 0) is 47.9 Å². The summed E-state index contributed by atoms with van der Waals surface area (Å²) in [7, 11) is 0. The molecule has 3 aliphatic rings. The van der Waals surface area contributed by atoms with Crippen LogP contribution in [0.25, 0.3) is 11.1 Å². The number of carboxylic acid groups (broad SMARTS) is 1. The zero-order valence-corrected chi connectivity index (χ0v) is 17.8. The van der Waals surface area contributed by atoms with Crippen LogP contribution in [-0.4, -0.2) is 52.7 Å². The molecule has 0 radical (unpaired) electrons. The lowest BCUT2D eigenvalue weighted by Crippen LogP contribution is -2.60. The Bertz CT molecular complexity index is 1030. The molecule has 7 nitrogen and oxygen atoms in total. The number of benzene rings is 2. The molecule has 1 aliphatic heterocycles. The zero-order chi connectivity index (χ0) is 22.3. The molecule has 32 heavy (non-hydrogen) atoms. The number of amides is 2. The summed E-state index contributed by atoms with van der Waals surface area (Å²) in [5.41, 5.74) is 3.99. The molecule has 1 heterocycles. The summed E-state index contributed by atoms with van der Waals surface area (Å²) in [4.78, 5) is 37.9. The van der Waals surface area contributed by atoms with Crippen LogP contribution in [0.3, 0.4) is 0 Å². The molecule has 2 aromatic carbocycles. The van der Waals surface area contributed by atoms with Crippen LogP contribution in [0.4, 0.5) is 4.79 Å². The number of ether oxygens (including phenoxy) is 1. The number of alkyl carbamates (subject to hydrolysis) is 1. The van der Waals surface area contributed by atoms with E-state index in [1.807, 2.05) is 24.3 Å². The maximum Gasteiger partial charge on any atom is 0.407 e. The second-order valence-corrected chi connectivity index (χ2v) is 8.99. The lowest BCUT2D eigenvalue weighted by molar-refractivity contribution is -0.158. The molecular formula is C25H26N2O5. The number of nitrogens with one attached hydrogen (secondary N) is 1. The van der Waals surface area contributed by atoms with E-state index in [1.54, 1.807) is 0 Å². The lowest BCUT2D eigenvalue weighted by atomic mass is 9.74. The predicted octanol–water partition coefficient (Wildman–Crippen LogP) is 3.52. The van der Waals surface area contributed by atoms with Crippen LogP contribution in [0, 0.1) is 0 Å². The number of carbonyl (C=O) groups is 3. The van der Waals surface area contributed by atoms with Gasteiger partial charge in [0.15, 0.2) is 0 Å². The van der Waals surface area contributed by atoms with Crippen molar-refractivity contribution >= 4 is 18.0 Å². The van der Waals surface area contributed by atoms with E-state index in [0.29, 0.717) is 25.8 Å². The largest absolute Gasteiger partial charge is 0.480 e. The Morgan fingerprint density at radius 2 is 1.66 bits per heavy atom. The first-order valence-electron chi connectivity index (χ1n) is 11.1. The third-order valence-electron chi connectivity index (χ3n) is 7.14. The first-order chi connectivity index (χ1) is 15.5. The Kier molecular flexibility index (Phi) is 5.12. The van der Waals surface area contributed by atoms with Gasteiger partial charge in [0.2, 0.25) is 5.91 Å². The van der Waals surface area contributed by atoms with E-state index in [-0.39, 0.29) is 24.9 Å². The second-order valence-electron chi connectivity index (χ2n) is 8.99. The monoisotopic (exact) mass is 434 g/mol. The van der Waals surface area contributed by atoms with Crippen molar-refractivity contribution in [3.8, 4) is 11.1 Å². The highest BCUT2D eigenvalue weighted by atomic mass is 16.5. The Balaban J connectivity index is 1.22. The number of rotatable bonds is 6. The van der Waals surface area contributed by atoms with Crippen molar-refractivity contribution in [3.05, 3.63) is 59.7 Å². The summed E-state index contributed by atoms with van der Waals surface area (Å²) < 4.78 is 5.64. The number of nitrogens with zero attached hydrogens (tertiary/aromatic N) is 1. The molecule has 7 heteroatoms. The summed E-state index contributed by atoms with van der Waals surface area (Å²) >= 11 is 0. The van der Waals surface area contributed by atoms with E-state index < -0.39 is 23.6 Å². The fourth-order valence-corrected chi connectivity index (χ4v) is 5.13. The van der Waals surface area contributed by atoms with Gasteiger partial charge in [-0.1, -0.05) is 48.5 Å². The number of aliphatic carboxylic acids is 1. The van der Waals surface area contributed by atoms with Crippen LogP contribution in [0.1, 0.15) is 49.1 Å². The Hall–Kier alpha value is -3.35. The van der Waals surface area contributed by atoms with Gasteiger partial charge in [-0.2, -0.15) is 0 Å². The standard InChI is InChI=1S/C25H26N2O5/c28-22(27-13-10-21(27)23(29)30)14-25(11-5-12-25)26-24(31)32-15-20-18-8-3-1-6-16(18)17-7-2-4-9-19(17)20/h1-4,6-9,20-21H,5,10-15H2,(H,26,31)(H,29,30). The van der Waals surface area contributed by atoms with Gasteiger partial charge in [0.05, 0.1) is 12.0 Å². The molecule has 2 fully saturated rings. The Morgan fingerprint density at radius 1 is 1.03 bits per heavy atom. The Morgan fingerprint density at radius 3 is 2.16 bits per heavy atom. The van der Waals surface area contributed by atoms with Gasteiger partial charge in [0.1, 0.15) is 12.6 Å². The molecule has 5 rings (SSSR count). The summed E-state index contributed by atoms with van der Waals surface area (Å²) in [6.07, 6.45) is 2.36. The van der Waals surface area contributed by atoms with Gasteiger partial charge in [0.25, 0.3) is 0 Å². The maximum atomic E-state index is 12.7. The lowest BCUT2D eigenvalue weighted by Gasteiger charge is -2.45. The number of carbonyl (C=O) groups excluding carboxylic acids is 2. The van der Waals surface area contributed by atoms with E-state index in [1.165, 1.54) is 16.0 Å². The summed E-state index contributed by atoms with van der Waals surface area (Å²) in [5, 5.41) is 12.1. The minimum atomic E-state index is -0.975. The van der Waals surface area contributed by atoms with E-state index in [4.69, 9.17) is 4.74 Å². The van der Waals surface area contributed by atoms with Crippen molar-refractivity contribution in [2.75, 3.05) is 13.2 Å². The van der Waals surface area contributed by atoms with Crippen molar-refractivity contribution in [2.24, 2.45) is 0 Å². The minimum absolute atomic E-state index is 0.0236. The van der Waals surface area contributed by atoms with Gasteiger partial charge in [0, 0.05) is 12.5 Å². The molecule has 0 bridgehead atoms. The highest BCUT2D eigenvalue weighted by molar-refractivity contribution is 5.86. The van der Waals surface area contributed by atoms with Gasteiger partial charge < -0.3 is 20.1 Å². The average molecular weight is 434 g/mol. The first kappa shape index (κ1) is 20.5. The summed E-state index contributed by atoms with van der Waals surface area (Å²) in [6, 6.07) is 15.6. The number of hydrogen-bond donors (Lipinski definition) is 2. The molecule has 1 atom stereocenters. The molecule has 2 aromatic rings. The highest BCUT2D eigenvalue weighted by Gasteiger charge is 2.45. The van der Waals surface area contributed by atoms with E-state index in [9.17, 15) is 19.5 Å². The van der Waals surface area contributed by atoms with Crippen LogP contribution < -0.4 is 5.32 Å². The van der Waals surface area contributed by atoms with Gasteiger partial charge in [-0.25, -0.2) is 9.59 Å². The molecule has 0 spiro atoms. The maximum absolute atomic E-state index is 12.7. The first-order valence-corrected chi connectivity index (χ1v) is 11.1. The molecule has 0 aromatic heterocycles. The van der Waals surface area contributed by atoms with Crippen LogP contribution in [0.5, 0.6) is 0 Å². The molecule has 1 saturated carbocycles. The minimum Gasteiger partial charge on any atom is -0.480 e. The molecule has 1 unspecified atom stereocenters. The van der Waals surface area contributed by atoms with Crippen molar-refractivity contribution in [2.45, 2.75) is 49.6 Å². The quantitative estimate of drug-likeness (QED) is 0.725. The third kappa shape index (κ3) is 3.51. The highest BCUT2D eigenvalue weighted by Crippen LogP contribution is 2.44. The van der Waals surface area contributed by atoms with Gasteiger partial charge >= 0.3 is 12.1 Å². The average Bonchev–Trinajstić information content (AvgIpc) is 3.03. The van der Waals surface area contributed by atoms with Crippen LogP contribution in [0.15, 0.2) is 48.5 Å². The number of hydrogen-bond acceptors (Lipinski definition) is 4. The second kappa shape index (κ2) is 7.97. The van der Waals surface area contributed by atoms with E-state index in [2.05, 4.69) is 29.6 Å². The van der Waals surface area contributed by atoms with Gasteiger partial charge in [-0.3, -0.25) is 4.79 Å². The predicted molar refractivity (Wildman–Crippen MR) is 117 cm³/mol. The fourth-order valence-electron chi connectivity index (χ4n) is 5.13. The molecule has 1 saturated heterocycles. The van der Waals surface area contributed by atoms with Gasteiger partial charge in [-0.15, -0.1) is 0 Å². The molecular weight excluding hydrogens is 408 g/mol. The van der Waals surface area contributed by atoms with E-state index in [0.717, 1.165) is 17.5 Å². The number of carboxylic acids is 1. The van der Waals surface area contributed by atoms with Crippen molar-refractivity contribution in [3.63, 3.8) is 0 Å². The third-order valence-corrected chi connectivity index (χ3v) is 7.14. The molecule has 2 aliphatic carbocycles. The normalized spacial score (nSPS) is 20.4. The summed E-state index contributed by atoms with van der Waals surface area (Å²) in [6.45, 7) is 0.675. The van der Waals surface area contributed by atoms with Crippen LogP contribution in [-0.2, 0) is 14.3 Å². The SMILES string of the molecule is O=C(NC1(CC(=O)N2CCC2C(=O)O)CCC1)OCC1c2ccccc2-c2ccccc21. The topological polar surface area (TPSA) is 95.9 Å². The summed E-state index contributed by atoms with van der Waals surface area (Å²) in [5.74, 6) is -1.22. The van der Waals surface area contributed by atoms with Crippen molar-refractivity contribution < 1.29 is 24.2 Å². The van der Waals surface area contributed by atoms with E-state index >= 15 is 0 Å². The smallest absolute Gasteiger partial charge is 0.407 e. The molecule has 166 valence electrons. The van der Waals surface area contributed by atoms with Crippen molar-refractivity contribution in [1.82, 2.24) is 10.2 Å². The van der Waals surface area contributed by atoms with Crippen LogP contribution in [0.2, 0.25) is 0 Å². The van der Waals surface area contributed by atoms with Crippen LogP contribution >= 0.6 is 0 Å². The molecule has 2 N–H and O–H groups in total. The molecule has 2 amide bonds. The number of fused-ring (bicyclic) bond motifs is 3. The Labute approximate surface area is 186 Å². The zero-order valence-electron chi connectivity index (χ0n) is 17.8. The number of likely N-dealkylation sites (tertiary alicyclic amines) is 1.